The van der Waals surface area contributed by atoms with Crippen LogP contribution in [0.4, 0.5) is 13.2 Å². The number of alkyl halides is 3. The molecule has 106 valence electrons. The number of pyridine rings is 1. The first-order chi connectivity index (χ1) is 8.89. The van der Waals surface area contributed by atoms with Gasteiger partial charge in [0.2, 0.25) is 0 Å². The summed E-state index contributed by atoms with van der Waals surface area (Å²) >= 11 is 5.63. The van der Waals surface area contributed by atoms with Crippen LogP contribution in [-0.4, -0.2) is 25.2 Å². The van der Waals surface area contributed by atoms with Crippen molar-refractivity contribution in [1.82, 2.24) is 10.3 Å². The molecule has 19 heavy (non-hydrogen) atoms. The summed E-state index contributed by atoms with van der Waals surface area (Å²) in [6.07, 6.45) is -2.05. The fraction of sp³-hybridized carbons (Fsp3) is 0.583. The van der Waals surface area contributed by atoms with Gasteiger partial charge in [0.15, 0.2) is 0 Å². The fourth-order valence-electron chi connectivity index (χ4n) is 2.37. The van der Waals surface area contributed by atoms with Crippen LogP contribution >= 0.6 is 11.6 Å². The number of hydrogen-bond donors (Lipinski definition) is 1. The second-order valence-corrected chi connectivity index (χ2v) is 4.96. The van der Waals surface area contributed by atoms with Gasteiger partial charge in [-0.3, -0.25) is 4.98 Å². The van der Waals surface area contributed by atoms with Crippen molar-refractivity contribution in [3.63, 3.8) is 0 Å². The predicted molar refractivity (Wildman–Crippen MR) is 65.0 cm³/mol. The minimum absolute atomic E-state index is 0.0360. The van der Waals surface area contributed by atoms with Gasteiger partial charge < -0.3 is 10.1 Å². The van der Waals surface area contributed by atoms with Gasteiger partial charge in [0, 0.05) is 19.9 Å². The Balaban J connectivity index is 2.54. The summed E-state index contributed by atoms with van der Waals surface area (Å²) in [6.45, 7) is 1.07. The van der Waals surface area contributed by atoms with Crippen molar-refractivity contribution in [3.8, 4) is 0 Å². The molecule has 1 fully saturated rings. The maximum absolute atomic E-state index is 13.1. The van der Waals surface area contributed by atoms with Crippen LogP contribution in [0.15, 0.2) is 12.3 Å². The van der Waals surface area contributed by atoms with Crippen LogP contribution in [0.2, 0.25) is 5.02 Å². The van der Waals surface area contributed by atoms with Gasteiger partial charge in [0.05, 0.1) is 16.3 Å². The van der Waals surface area contributed by atoms with Gasteiger partial charge in [-0.2, -0.15) is 13.2 Å². The van der Waals surface area contributed by atoms with E-state index in [2.05, 4.69) is 10.3 Å². The molecule has 2 heterocycles. The van der Waals surface area contributed by atoms with E-state index in [0.29, 0.717) is 13.0 Å². The lowest BCUT2D eigenvalue weighted by Crippen LogP contribution is -2.46. The van der Waals surface area contributed by atoms with Gasteiger partial charge >= 0.3 is 6.18 Å². The number of rotatable bonds is 2. The van der Waals surface area contributed by atoms with E-state index in [9.17, 15) is 13.2 Å². The Morgan fingerprint density at radius 1 is 1.47 bits per heavy atom. The molecule has 1 aliphatic heterocycles. The zero-order valence-corrected chi connectivity index (χ0v) is 11.1. The lowest BCUT2D eigenvalue weighted by Gasteiger charge is -2.37. The Bertz CT molecular complexity index is 459. The first-order valence-corrected chi connectivity index (χ1v) is 6.26. The topological polar surface area (TPSA) is 34.1 Å². The Labute approximate surface area is 114 Å². The number of piperidine rings is 1. The Hall–Kier alpha value is -0.850. The summed E-state index contributed by atoms with van der Waals surface area (Å²) in [5, 5.41) is 3.02. The van der Waals surface area contributed by atoms with E-state index in [1.54, 1.807) is 0 Å². The number of nitrogens with zero attached hydrogens (tertiary/aromatic N) is 1. The third-order valence-corrected chi connectivity index (χ3v) is 3.53. The van der Waals surface area contributed by atoms with E-state index in [-0.39, 0.29) is 10.7 Å². The molecule has 1 aromatic heterocycles. The minimum Gasteiger partial charge on any atom is -0.371 e. The number of ether oxygens (including phenoxy) is 1. The van der Waals surface area contributed by atoms with Gasteiger partial charge in [0.25, 0.3) is 0 Å². The lowest BCUT2D eigenvalue weighted by atomic mass is 9.87. The van der Waals surface area contributed by atoms with Crippen molar-refractivity contribution in [2.75, 3.05) is 20.2 Å². The Kier molecular flexibility index (Phi) is 4.03. The maximum atomic E-state index is 13.1. The lowest BCUT2D eigenvalue weighted by molar-refractivity contribution is -0.142. The molecule has 0 unspecified atom stereocenters. The van der Waals surface area contributed by atoms with Crippen molar-refractivity contribution in [2.45, 2.75) is 24.6 Å². The maximum Gasteiger partial charge on any atom is 0.418 e. The van der Waals surface area contributed by atoms with Crippen LogP contribution in [0.1, 0.15) is 24.1 Å². The van der Waals surface area contributed by atoms with E-state index in [1.165, 1.54) is 13.3 Å². The number of methoxy groups -OCH3 is 1. The molecule has 0 spiro atoms. The molecule has 0 radical (unpaired) electrons. The zero-order chi connectivity index (χ0) is 14.1. The minimum atomic E-state index is -4.50. The molecule has 0 amide bonds. The highest BCUT2D eigenvalue weighted by molar-refractivity contribution is 6.30. The van der Waals surface area contributed by atoms with Gasteiger partial charge in [-0.1, -0.05) is 11.6 Å². The summed E-state index contributed by atoms with van der Waals surface area (Å²) in [4.78, 5) is 3.89. The van der Waals surface area contributed by atoms with Crippen molar-refractivity contribution >= 4 is 11.6 Å². The van der Waals surface area contributed by atoms with Crippen molar-refractivity contribution in [3.05, 3.63) is 28.5 Å². The van der Waals surface area contributed by atoms with Crippen LogP contribution in [0.5, 0.6) is 0 Å². The number of aromatic nitrogens is 1. The van der Waals surface area contributed by atoms with Crippen LogP contribution in [0, 0.1) is 0 Å². The van der Waals surface area contributed by atoms with Gasteiger partial charge in [-0.25, -0.2) is 0 Å². The van der Waals surface area contributed by atoms with E-state index in [0.717, 1.165) is 19.0 Å². The van der Waals surface area contributed by atoms with Crippen molar-refractivity contribution in [2.24, 2.45) is 0 Å². The molecule has 0 bridgehead atoms. The molecule has 1 aliphatic rings. The molecule has 1 N–H and O–H groups in total. The van der Waals surface area contributed by atoms with E-state index in [4.69, 9.17) is 16.3 Å². The Morgan fingerprint density at radius 3 is 2.74 bits per heavy atom. The highest BCUT2D eigenvalue weighted by Crippen LogP contribution is 2.40. The van der Waals surface area contributed by atoms with E-state index in [1.807, 2.05) is 0 Å². The second kappa shape index (κ2) is 5.26. The standard InChI is InChI=1S/C12H14ClF3N2O/c1-19-11(3-2-4-17-7-11)10-9(12(14,15)16)5-8(13)6-18-10/h5-6,17H,2-4,7H2,1H3/t11-/m0/s1. The number of hydrogen-bond acceptors (Lipinski definition) is 3. The normalized spacial score (nSPS) is 24.5. The van der Waals surface area contributed by atoms with Crippen molar-refractivity contribution in [1.29, 1.82) is 0 Å². The summed E-state index contributed by atoms with van der Waals surface area (Å²) in [6, 6.07) is 0.902. The van der Waals surface area contributed by atoms with Crippen LogP contribution in [-0.2, 0) is 16.5 Å². The molecule has 7 heteroatoms. The highest BCUT2D eigenvalue weighted by Gasteiger charge is 2.44. The summed E-state index contributed by atoms with van der Waals surface area (Å²) < 4.78 is 44.7. The molecular weight excluding hydrogens is 281 g/mol. The predicted octanol–water partition coefficient (Wildman–Crippen LogP) is 2.98. The molecular formula is C12H14ClF3N2O. The van der Waals surface area contributed by atoms with E-state index < -0.39 is 17.3 Å². The first kappa shape index (κ1) is 14.6. The zero-order valence-electron chi connectivity index (χ0n) is 10.4. The van der Waals surface area contributed by atoms with Gasteiger partial charge in [0.1, 0.15) is 5.60 Å². The fourth-order valence-corrected chi connectivity index (χ4v) is 2.53. The summed E-state index contributed by atoms with van der Waals surface area (Å²) in [5.74, 6) is 0. The SMILES string of the molecule is CO[C@@]1(c2ncc(Cl)cc2C(F)(F)F)CCCNC1. The highest BCUT2D eigenvalue weighted by atomic mass is 35.5. The average molecular weight is 295 g/mol. The summed E-state index contributed by atoms with van der Waals surface area (Å²) in [7, 11) is 1.41. The molecule has 0 aliphatic carbocycles. The molecule has 1 aromatic rings. The summed E-state index contributed by atoms with van der Waals surface area (Å²) in [5.41, 5.74) is -1.97. The monoisotopic (exact) mass is 294 g/mol. The molecule has 2 rings (SSSR count). The van der Waals surface area contributed by atoms with Gasteiger partial charge in [-0.05, 0) is 25.5 Å². The van der Waals surface area contributed by atoms with E-state index >= 15 is 0 Å². The molecule has 3 nitrogen and oxygen atoms in total. The molecule has 0 aromatic carbocycles. The second-order valence-electron chi connectivity index (χ2n) is 4.53. The molecule has 0 saturated carbocycles. The third-order valence-electron chi connectivity index (χ3n) is 3.33. The van der Waals surface area contributed by atoms with Crippen molar-refractivity contribution < 1.29 is 17.9 Å². The van der Waals surface area contributed by atoms with Gasteiger partial charge in [-0.15, -0.1) is 0 Å². The number of halogens is 4. The quantitative estimate of drug-likeness (QED) is 0.910. The largest absolute Gasteiger partial charge is 0.418 e. The average Bonchev–Trinajstić information content (AvgIpc) is 2.38. The van der Waals surface area contributed by atoms with Crippen LogP contribution in [0.3, 0.4) is 0 Å². The van der Waals surface area contributed by atoms with Crippen LogP contribution < -0.4 is 5.32 Å². The first-order valence-electron chi connectivity index (χ1n) is 5.88. The Morgan fingerprint density at radius 2 is 2.21 bits per heavy atom. The van der Waals surface area contributed by atoms with Crippen LogP contribution in [0.25, 0.3) is 0 Å². The third kappa shape index (κ3) is 2.85. The smallest absolute Gasteiger partial charge is 0.371 e. The molecule has 1 atom stereocenters. The molecule has 1 saturated heterocycles. The number of nitrogens with one attached hydrogen (secondary N) is 1.